The molecule has 2 rings (SSSR count). The number of ether oxygens (including phenoxy) is 1. The molecule has 0 aromatic heterocycles. The maximum atomic E-state index is 9.67. The molecule has 3 heteroatoms. The fraction of sp³-hybridized carbons (Fsp3) is 0.294. The Kier molecular flexibility index (Phi) is 5.02. The minimum absolute atomic E-state index is 0.0458. The molecule has 0 heterocycles. The number of hydrogen-bond donors (Lipinski definition) is 1. The number of likely N-dealkylation sites (N-methyl/N-ethyl adjacent to an activating group) is 1. The quantitative estimate of drug-likeness (QED) is 0.877. The predicted molar refractivity (Wildman–Crippen MR) is 82.4 cm³/mol. The lowest BCUT2D eigenvalue weighted by molar-refractivity contribution is 0.261. The second kappa shape index (κ2) is 6.96. The number of methoxy groups -OCH3 is 1. The number of hydrogen-bond acceptors (Lipinski definition) is 3. The van der Waals surface area contributed by atoms with E-state index in [4.69, 9.17) is 4.74 Å². The summed E-state index contributed by atoms with van der Waals surface area (Å²) in [6, 6.07) is 18.1. The highest BCUT2D eigenvalue weighted by atomic mass is 16.5. The largest absolute Gasteiger partial charge is 0.497 e. The summed E-state index contributed by atoms with van der Waals surface area (Å²) in [6.45, 7) is 0.114. The number of nitrogens with zero attached hydrogens (tertiary/aromatic N) is 1. The Labute approximate surface area is 120 Å². The Bertz CT molecular complexity index is 528. The smallest absolute Gasteiger partial charge is 0.120 e. The summed E-state index contributed by atoms with van der Waals surface area (Å²) < 4.78 is 5.25. The van der Waals surface area contributed by atoms with Crippen molar-refractivity contribution in [1.29, 1.82) is 0 Å². The molecule has 0 amide bonds. The molecule has 0 spiro atoms. The van der Waals surface area contributed by atoms with E-state index in [1.807, 2.05) is 49.5 Å². The van der Waals surface area contributed by atoms with E-state index in [0.29, 0.717) is 0 Å². The molecule has 2 aromatic carbocycles. The average Bonchev–Trinajstić information content (AvgIpc) is 2.53. The van der Waals surface area contributed by atoms with Crippen molar-refractivity contribution >= 4 is 5.69 Å². The lowest BCUT2D eigenvalue weighted by Crippen LogP contribution is -2.36. The van der Waals surface area contributed by atoms with Crippen LogP contribution < -0.4 is 9.64 Å². The first-order valence-electron chi connectivity index (χ1n) is 6.76. The molecule has 1 N–H and O–H groups in total. The van der Waals surface area contributed by atoms with Gasteiger partial charge in [0.2, 0.25) is 0 Å². The maximum Gasteiger partial charge on any atom is 0.120 e. The van der Waals surface area contributed by atoms with Crippen molar-refractivity contribution in [3.8, 4) is 5.75 Å². The zero-order chi connectivity index (χ0) is 14.4. The fourth-order valence-corrected chi connectivity index (χ4v) is 2.25. The molecule has 0 unspecified atom stereocenters. The third kappa shape index (κ3) is 3.52. The van der Waals surface area contributed by atoms with E-state index in [0.717, 1.165) is 17.9 Å². The van der Waals surface area contributed by atoms with Crippen LogP contribution in [0.15, 0.2) is 54.6 Å². The van der Waals surface area contributed by atoms with Gasteiger partial charge >= 0.3 is 0 Å². The molecule has 2 aromatic rings. The van der Waals surface area contributed by atoms with Gasteiger partial charge in [0.15, 0.2) is 0 Å². The van der Waals surface area contributed by atoms with Gasteiger partial charge in [0.05, 0.1) is 19.8 Å². The van der Waals surface area contributed by atoms with Crippen LogP contribution in [0.25, 0.3) is 0 Å². The van der Waals surface area contributed by atoms with Crippen LogP contribution in [0.3, 0.4) is 0 Å². The van der Waals surface area contributed by atoms with Crippen molar-refractivity contribution in [2.75, 3.05) is 25.7 Å². The molecule has 0 saturated carbocycles. The Balaban J connectivity index is 2.13. The standard InChI is InChI=1S/C17H21NO2/c1-18(15-9-6-10-17(12-15)20-2)16(13-19)11-14-7-4-3-5-8-14/h3-10,12,16,19H,11,13H2,1-2H3/t16-/m0/s1. The number of anilines is 1. The Hall–Kier alpha value is -2.00. The summed E-state index contributed by atoms with van der Waals surface area (Å²) in [5, 5.41) is 9.67. The monoisotopic (exact) mass is 271 g/mol. The molecular weight excluding hydrogens is 250 g/mol. The van der Waals surface area contributed by atoms with Gasteiger partial charge < -0.3 is 14.7 Å². The summed E-state index contributed by atoms with van der Waals surface area (Å²) in [5.41, 5.74) is 2.26. The van der Waals surface area contributed by atoms with E-state index in [9.17, 15) is 5.11 Å². The van der Waals surface area contributed by atoms with Gasteiger partial charge in [0.1, 0.15) is 5.75 Å². The van der Waals surface area contributed by atoms with Crippen LogP contribution in [0.4, 0.5) is 5.69 Å². The van der Waals surface area contributed by atoms with E-state index < -0.39 is 0 Å². The summed E-state index contributed by atoms with van der Waals surface area (Å²) >= 11 is 0. The first-order chi connectivity index (χ1) is 9.74. The number of benzene rings is 2. The van der Waals surface area contributed by atoms with Crippen molar-refractivity contribution in [1.82, 2.24) is 0 Å². The van der Waals surface area contributed by atoms with Gasteiger partial charge in [0.25, 0.3) is 0 Å². The van der Waals surface area contributed by atoms with Crippen LogP contribution >= 0.6 is 0 Å². The van der Waals surface area contributed by atoms with Crippen LogP contribution in [0.2, 0.25) is 0 Å². The zero-order valence-corrected chi connectivity index (χ0v) is 12.0. The van der Waals surface area contributed by atoms with Gasteiger partial charge in [-0.2, -0.15) is 0 Å². The fourth-order valence-electron chi connectivity index (χ4n) is 2.25. The van der Waals surface area contributed by atoms with Gasteiger partial charge in [-0.1, -0.05) is 36.4 Å². The number of aliphatic hydroxyl groups excluding tert-OH is 1. The molecular formula is C17H21NO2. The molecule has 0 bridgehead atoms. The van der Waals surface area contributed by atoms with Gasteiger partial charge in [-0.05, 0) is 24.1 Å². The van der Waals surface area contributed by atoms with Gasteiger partial charge in [0, 0.05) is 18.8 Å². The molecule has 0 aliphatic carbocycles. The molecule has 0 aliphatic heterocycles. The van der Waals surface area contributed by atoms with E-state index >= 15 is 0 Å². The van der Waals surface area contributed by atoms with E-state index in [2.05, 4.69) is 17.0 Å². The third-order valence-electron chi connectivity index (χ3n) is 3.53. The minimum atomic E-state index is 0.0458. The lowest BCUT2D eigenvalue weighted by Gasteiger charge is -2.29. The summed E-state index contributed by atoms with van der Waals surface area (Å²) in [6.07, 6.45) is 0.811. The lowest BCUT2D eigenvalue weighted by atomic mass is 10.0. The Morgan fingerprint density at radius 3 is 2.50 bits per heavy atom. The van der Waals surface area contributed by atoms with E-state index in [-0.39, 0.29) is 12.6 Å². The molecule has 1 atom stereocenters. The van der Waals surface area contributed by atoms with Crippen molar-refractivity contribution < 1.29 is 9.84 Å². The third-order valence-corrected chi connectivity index (χ3v) is 3.53. The van der Waals surface area contributed by atoms with E-state index in [1.54, 1.807) is 7.11 Å². The summed E-state index contributed by atoms with van der Waals surface area (Å²) in [5.74, 6) is 0.825. The number of rotatable bonds is 6. The summed E-state index contributed by atoms with van der Waals surface area (Å²) in [7, 11) is 3.66. The second-order valence-electron chi connectivity index (χ2n) is 4.84. The van der Waals surface area contributed by atoms with Crippen molar-refractivity contribution in [2.45, 2.75) is 12.5 Å². The molecule has 0 fully saturated rings. The molecule has 0 saturated heterocycles. The Morgan fingerprint density at radius 1 is 1.10 bits per heavy atom. The van der Waals surface area contributed by atoms with Crippen molar-refractivity contribution in [3.05, 3.63) is 60.2 Å². The highest BCUT2D eigenvalue weighted by Crippen LogP contribution is 2.22. The maximum absolute atomic E-state index is 9.67. The first-order valence-corrected chi connectivity index (χ1v) is 6.76. The van der Waals surface area contributed by atoms with Crippen LogP contribution in [0, 0.1) is 0 Å². The molecule has 0 radical (unpaired) electrons. The van der Waals surface area contributed by atoms with Crippen LogP contribution in [0.5, 0.6) is 5.75 Å². The topological polar surface area (TPSA) is 32.7 Å². The second-order valence-corrected chi connectivity index (χ2v) is 4.84. The SMILES string of the molecule is COc1cccc(N(C)[C@H](CO)Cc2ccccc2)c1. The highest BCUT2D eigenvalue weighted by Gasteiger charge is 2.15. The first kappa shape index (κ1) is 14.4. The van der Waals surface area contributed by atoms with Crippen molar-refractivity contribution in [3.63, 3.8) is 0 Å². The molecule has 106 valence electrons. The minimum Gasteiger partial charge on any atom is -0.497 e. The molecule has 20 heavy (non-hydrogen) atoms. The molecule has 3 nitrogen and oxygen atoms in total. The van der Waals surface area contributed by atoms with Crippen molar-refractivity contribution in [2.24, 2.45) is 0 Å². The average molecular weight is 271 g/mol. The number of aliphatic hydroxyl groups is 1. The van der Waals surface area contributed by atoms with Gasteiger partial charge in [-0.3, -0.25) is 0 Å². The highest BCUT2D eigenvalue weighted by molar-refractivity contribution is 5.51. The normalized spacial score (nSPS) is 11.9. The zero-order valence-electron chi connectivity index (χ0n) is 12.0. The van der Waals surface area contributed by atoms with E-state index in [1.165, 1.54) is 5.56 Å². The van der Waals surface area contributed by atoms with Gasteiger partial charge in [-0.15, -0.1) is 0 Å². The van der Waals surface area contributed by atoms with Gasteiger partial charge in [-0.25, -0.2) is 0 Å². The Morgan fingerprint density at radius 2 is 1.85 bits per heavy atom. The van der Waals surface area contributed by atoms with Crippen LogP contribution in [0.1, 0.15) is 5.56 Å². The summed E-state index contributed by atoms with van der Waals surface area (Å²) in [4.78, 5) is 2.09. The van der Waals surface area contributed by atoms with Crippen LogP contribution in [-0.4, -0.2) is 31.9 Å². The van der Waals surface area contributed by atoms with Crippen LogP contribution in [-0.2, 0) is 6.42 Å². The predicted octanol–water partition coefficient (Wildman–Crippen LogP) is 2.74. The molecule has 0 aliphatic rings.